The third-order valence-electron chi connectivity index (χ3n) is 7.30. The number of benzene rings is 1. The molecule has 4 rings (SSSR count). The van der Waals surface area contributed by atoms with Gasteiger partial charge in [-0.15, -0.1) is 0 Å². The van der Waals surface area contributed by atoms with Crippen molar-refractivity contribution < 1.29 is 36.3 Å². The van der Waals surface area contributed by atoms with Gasteiger partial charge in [0.25, 0.3) is 18.2 Å². The molecule has 13 heteroatoms. The first-order chi connectivity index (χ1) is 18.7. The molecular formula is C27H30ClF5N4O3. The highest BCUT2D eigenvalue weighted by Gasteiger charge is 2.43. The molecule has 1 aromatic heterocycles. The molecule has 2 fully saturated rings. The van der Waals surface area contributed by atoms with E-state index in [9.17, 15) is 31.5 Å². The van der Waals surface area contributed by atoms with Gasteiger partial charge in [-0.25, -0.2) is 13.8 Å². The molecule has 2 aliphatic heterocycles. The van der Waals surface area contributed by atoms with Gasteiger partial charge in [-0.2, -0.15) is 13.2 Å². The van der Waals surface area contributed by atoms with Crippen LogP contribution in [0.3, 0.4) is 0 Å². The normalized spacial score (nSPS) is 21.8. The molecule has 2 bridgehead atoms. The van der Waals surface area contributed by atoms with Crippen LogP contribution in [0.5, 0.6) is 5.75 Å². The highest BCUT2D eigenvalue weighted by Crippen LogP contribution is 2.39. The molecule has 3 atom stereocenters. The third-order valence-corrected chi connectivity index (χ3v) is 7.54. The highest BCUT2D eigenvalue weighted by atomic mass is 35.5. The Bertz CT molecular complexity index is 1230. The maximum absolute atomic E-state index is 13.5. The van der Waals surface area contributed by atoms with Crippen molar-refractivity contribution in [1.29, 1.82) is 0 Å². The fourth-order valence-electron chi connectivity index (χ4n) is 5.17. The van der Waals surface area contributed by atoms with Crippen molar-refractivity contribution in [2.75, 3.05) is 4.90 Å². The summed E-state index contributed by atoms with van der Waals surface area (Å²) in [4.78, 5) is 31.8. The van der Waals surface area contributed by atoms with Gasteiger partial charge in [0.15, 0.2) is 5.60 Å². The zero-order valence-corrected chi connectivity index (χ0v) is 22.8. The van der Waals surface area contributed by atoms with Gasteiger partial charge < -0.3 is 20.3 Å². The van der Waals surface area contributed by atoms with Crippen molar-refractivity contribution in [3.8, 4) is 5.75 Å². The minimum atomic E-state index is -4.55. The van der Waals surface area contributed by atoms with Crippen LogP contribution in [0.1, 0.15) is 68.8 Å². The van der Waals surface area contributed by atoms with Crippen LogP contribution in [-0.4, -0.2) is 52.7 Å². The Hall–Kier alpha value is -3.15. The highest BCUT2D eigenvalue weighted by molar-refractivity contribution is 6.30. The molecule has 2 aromatic rings. The summed E-state index contributed by atoms with van der Waals surface area (Å²) in [5.74, 6) is -0.825. The van der Waals surface area contributed by atoms with E-state index in [0.717, 1.165) is 25.8 Å². The Morgan fingerprint density at radius 3 is 2.30 bits per heavy atom. The average molecular weight is 589 g/mol. The van der Waals surface area contributed by atoms with E-state index in [-0.39, 0.29) is 34.5 Å². The van der Waals surface area contributed by atoms with Crippen LogP contribution in [0.4, 0.5) is 27.8 Å². The molecule has 0 saturated carbocycles. The van der Waals surface area contributed by atoms with Gasteiger partial charge in [-0.1, -0.05) is 11.6 Å². The molecular weight excluding hydrogens is 559 g/mol. The van der Waals surface area contributed by atoms with Gasteiger partial charge in [0.2, 0.25) is 0 Å². The number of carbonyl (C=O) groups is 2. The van der Waals surface area contributed by atoms with Gasteiger partial charge in [0.1, 0.15) is 17.6 Å². The summed E-state index contributed by atoms with van der Waals surface area (Å²) < 4.78 is 70.9. The second-order valence-corrected chi connectivity index (χ2v) is 11.1. The minimum absolute atomic E-state index is 0.0206. The fourth-order valence-corrected chi connectivity index (χ4v) is 5.35. The van der Waals surface area contributed by atoms with Crippen molar-refractivity contribution in [2.24, 2.45) is 0 Å². The maximum Gasteiger partial charge on any atom is 0.408 e. The number of amides is 2. The first-order valence-electron chi connectivity index (χ1n) is 12.8. The van der Waals surface area contributed by atoms with Crippen molar-refractivity contribution in [2.45, 2.75) is 88.8 Å². The van der Waals surface area contributed by atoms with E-state index in [1.165, 1.54) is 38.2 Å². The van der Waals surface area contributed by atoms with E-state index in [2.05, 4.69) is 15.2 Å². The number of hydrogen-bond acceptors (Lipinski definition) is 5. The lowest BCUT2D eigenvalue weighted by molar-refractivity contribution is -0.149. The van der Waals surface area contributed by atoms with Gasteiger partial charge >= 0.3 is 6.18 Å². The van der Waals surface area contributed by atoms with Crippen LogP contribution in [0, 0.1) is 0 Å². The smallest absolute Gasteiger partial charge is 0.408 e. The van der Waals surface area contributed by atoms with E-state index in [0.29, 0.717) is 18.7 Å². The Labute approximate surface area is 233 Å². The van der Waals surface area contributed by atoms with Crippen LogP contribution >= 0.6 is 11.6 Å². The number of ether oxygens (including phenoxy) is 1. The number of piperidine rings is 1. The summed E-state index contributed by atoms with van der Waals surface area (Å²) >= 11 is 5.84. The molecule has 2 N–H and O–H groups in total. The Balaban J connectivity index is 1.37. The third kappa shape index (κ3) is 6.59. The van der Waals surface area contributed by atoms with E-state index in [1.54, 1.807) is 6.07 Å². The van der Waals surface area contributed by atoms with Crippen molar-refractivity contribution in [1.82, 2.24) is 15.6 Å². The van der Waals surface area contributed by atoms with E-state index < -0.39 is 41.6 Å². The zero-order valence-electron chi connectivity index (χ0n) is 22.1. The molecule has 3 heterocycles. The number of fused-ring (bicyclic) bond motifs is 2. The number of anilines is 1. The van der Waals surface area contributed by atoms with Gasteiger partial charge in [0, 0.05) is 29.3 Å². The van der Waals surface area contributed by atoms with Crippen molar-refractivity contribution in [3.05, 3.63) is 52.7 Å². The summed E-state index contributed by atoms with van der Waals surface area (Å²) in [5.41, 5.74) is -1.81. The monoisotopic (exact) mass is 588 g/mol. The molecule has 218 valence electrons. The number of nitrogens with one attached hydrogen (secondary N) is 2. The molecule has 2 amide bonds. The summed E-state index contributed by atoms with van der Waals surface area (Å²) in [6.45, 7) is 3.88. The summed E-state index contributed by atoms with van der Waals surface area (Å²) in [6.07, 6.45) is -3.20. The molecule has 2 aliphatic rings. The maximum atomic E-state index is 13.5. The minimum Gasteiger partial charge on any atom is -0.478 e. The quantitative estimate of drug-likeness (QED) is 0.379. The van der Waals surface area contributed by atoms with Gasteiger partial charge in [-0.05, 0) is 76.8 Å². The first-order valence-corrected chi connectivity index (χ1v) is 13.2. The Kier molecular flexibility index (Phi) is 8.49. The average Bonchev–Trinajstić information content (AvgIpc) is 3.14. The number of hydrogen-bond donors (Lipinski definition) is 2. The van der Waals surface area contributed by atoms with Crippen molar-refractivity contribution in [3.63, 3.8) is 0 Å². The SMILES string of the molecule is C[C@H](NC(=O)c1ccc(N2C3CCC2CC(NC(=O)C(C)(C)Oc2ccc(Cl)cc2C(F)F)C3)nc1)C(F)(F)F. The summed E-state index contributed by atoms with van der Waals surface area (Å²) in [6, 6.07) is 4.82. The lowest BCUT2D eigenvalue weighted by Gasteiger charge is -2.41. The molecule has 7 nitrogen and oxygen atoms in total. The second kappa shape index (κ2) is 11.4. The molecule has 0 spiro atoms. The van der Waals surface area contributed by atoms with Crippen LogP contribution in [0.25, 0.3) is 0 Å². The first kappa shape index (κ1) is 29.8. The number of aromatic nitrogens is 1. The number of rotatable bonds is 8. The van der Waals surface area contributed by atoms with E-state index in [1.807, 2.05) is 5.32 Å². The zero-order chi connectivity index (χ0) is 29.4. The molecule has 1 aromatic carbocycles. The number of alkyl halides is 5. The largest absolute Gasteiger partial charge is 0.478 e. The van der Waals surface area contributed by atoms with Crippen LogP contribution < -0.4 is 20.3 Å². The van der Waals surface area contributed by atoms with E-state index >= 15 is 0 Å². The number of pyridine rings is 1. The predicted molar refractivity (Wildman–Crippen MR) is 139 cm³/mol. The Morgan fingerprint density at radius 1 is 1.10 bits per heavy atom. The van der Waals surface area contributed by atoms with Gasteiger partial charge in [0.05, 0.1) is 11.1 Å². The summed E-state index contributed by atoms with van der Waals surface area (Å²) in [7, 11) is 0. The number of nitrogens with zero attached hydrogens (tertiary/aromatic N) is 2. The molecule has 2 saturated heterocycles. The van der Waals surface area contributed by atoms with Crippen LogP contribution in [0.15, 0.2) is 36.5 Å². The lowest BCUT2D eigenvalue weighted by atomic mass is 9.96. The Morgan fingerprint density at radius 2 is 1.75 bits per heavy atom. The molecule has 40 heavy (non-hydrogen) atoms. The summed E-state index contributed by atoms with van der Waals surface area (Å²) in [5, 5.41) is 5.05. The molecule has 0 aliphatic carbocycles. The fraction of sp³-hybridized carbons (Fsp3) is 0.519. The van der Waals surface area contributed by atoms with Crippen LogP contribution in [0.2, 0.25) is 5.02 Å². The molecule has 0 radical (unpaired) electrons. The second-order valence-electron chi connectivity index (χ2n) is 10.7. The lowest BCUT2D eigenvalue weighted by Crippen LogP contribution is -2.55. The van der Waals surface area contributed by atoms with E-state index in [4.69, 9.17) is 16.3 Å². The standard InChI is InChI=1S/C27H30ClF5N4O3/c1-14(27(31,32)33)35-24(38)15-4-9-22(34-13-15)37-18-6-7-19(37)12-17(11-18)36-25(39)26(2,3)40-21-8-5-16(28)10-20(21)23(29)30/h4-5,8-10,13-14,17-19,23H,6-7,11-12H2,1-3H3,(H,35,38)(H,36,39)/t14-,17?,18?,19?/m0/s1. The predicted octanol–water partition coefficient (Wildman–Crippen LogP) is 5.83. The van der Waals surface area contributed by atoms with Gasteiger partial charge in [-0.3, -0.25) is 9.59 Å². The van der Waals surface area contributed by atoms with Crippen molar-refractivity contribution >= 4 is 29.2 Å². The number of halogens is 6. The van der Waals surface area contributed by atoms with Crippen LogP contribution in [-0.2, 0) is 4.79 Å². The topological polar surface area (TPSA) is 83.6 Å². The molecule has 2 unspecified atom stereocenters. The number of carbonyl (C=O) groups excluding carboxylic acids is 2.